The van der Waals surface area contributed by atoms with Crippen LogP contribution in [0.2, 0.25) is 0 Å². The predicted molar refractivity (Wildman–Crippen MR) is 225 cm³/mol. The Morgan fingerprint density at radius 1 is 0.536 bits per heavy atom. The molecule has 0 fully saturated rings. The average Bonchev–Trinajstić information content (AvgIpc) is 3.85. The maximum absolute atomic E-state index is 5.67. The van der Waals surface area contributed by atoms with Gasteiger partial charge in [0, 0.05) is 42.6 Å². The number of fused-ring (bicyclic) bond motifs is 7. The zero-order valence-electron chi connectivity index (χ0n) is 32.3. The number of imidazole rings is 1. The van der Waals surface area contributed by atoms with Crippen LogP contribution in [0.1, 0.15) is 52.7 Å². The van der Waals surface area contributed by atoms with E-state index in [2.05, 4.69) is 206 Å². The number of nitrogens with zero attached hydrogens (tertiary/aromatic N) is 5. The van der Waals surface area contributed by atoms with Crippen molar-refractivity contribution >= 4 is 54.9 Å². The van der Waals surface area contributed by atoms with Gasteiger partial charge < -0.3 is 13.7 Å². The van der Waals surface area contributed by atoms with Gasteiger partial charge in [0.2, 0.25) is 0 Å². The third-order valence-corrected chi connectivity index (χ3v) is 10.9. The molecule has 10 rings (SSSR count). The molecule has 0 aliphatic carbocycles. The van der Waals surface area contributed by atoms with Crippen LogP contribution in [0.15, 0.2) is 140 Å². The van der Waals surface area contributed by atoms with E-state index in [1.165, 1.54) is 32.7 Å². The van der Waals surface area contributed by atoms with E-state index in [0.717, 1.165) is 56.1 Å². The van der Waals surface area contributed by atoms with Gasteiger partial charge in [-0.05, 0) is 51.9 Å². The monoisotopic (exact) mass is 906 g/mol. The number of aromatic nitrogens is 5. The molecular weight excluding hydrogens is 866 g/mol. The van der Waals surface area contributed by atoms with Crippen molar-refractivity contribution in [1.82, 2.24) is 18.7 Å². The summed E-state index contributed by atoms with van der Waals surface area (Å²) in [7, 11) is 0. The molecule has 4 aromatic heterocycles. The Balaban J connectivity index is 0.00000410. The van der Waals surface area contributed by atoms with Crippen molar-refractivity contribution in [1.29, 1.82) is 0 Å². The number of hydrogen-bond donors (Lipinski definition) is 0. The van der Waals surface area contributed by atoms with Gasteiger partial charge in [0.25, 0.3) is 6.33 Å². The number of para-hydroxylation sites is 5. The van der Waals surface area contributed by atoms with Crippen molar-refractivity contribution in [2.45, 2.75) is 52.4 Å². The molecular formula is C50H41N5Pt-2. The van der Waals surface area contributed by atoms with Gasteiger partial charge in [-0.15, -0.1) is 12.1 Å². The second-order valence-electron chi connectivity index (χ2n) is 16.6. The fourth-order valence-electron chi connectivity index (χ4n) is 8.39. The van der Waals surface area contributed by atoms with Gasteiger partial charge in [-0.3, -0.25) is 4.57 Å². The van der Waals surface area contributed by atoms with Crippen molar-refractivity contribution in [3.8, 4) is 22.7 Å². The van der Waals surface area contributed by atoms with E-state index in [0.29, 0.717) is 0 Å². The normalized spacial score (nSPS) is 12.3. The molecule has 0 saturated heterocycles. The van der Waals surface area contributed by atoms with E-state index in [9.17, 15) is 0 Å². The van der Waals surface area contributed by atoms with Gasteiger partial charge in [0.1, 0.15) is 11.3 Å². The van der Waals surface area contributed by atoms with Gasteiger partial charge in [0.15, 0.2) is 0 Å². The molecule has 5 nitrogen and oxygen atoms in total. The van der Waals surface area contributed by atoms with E-state index in [1.54, 1.807) is 0 Å². The van der Waals surface area contributed by atoms with Crippen LogP contribution in [0.3, 0.4) is 0 Å². The van der Waals surface area contributed by atoms with Crippen LogP contribution in [0.4, 0.5) is 0 Å². The van der Waals surface area contributed by atoms with E-state index < -0.39 is 0 Å². The minimum Gasteiger partial charge on any atom is -0.319 e. The second kappa shape index (κ2) is 13.2. The van der Waals surface area contributed by atoms with Crippen LogP contribution < -0.4 is 4.57 Å². The first-order valence-corrected chi connectivity index (χ1v) is 19.0. The smallest absolute Gasteiger partial charge is 0.268 e. The van der Waals surface area contributed by atoms with E-state index >= 15 is 0 Å². The average molecular weight is 907 g/mol. The van der Waals surface area contributed by atoms with Crippen molar-refractivity contribution < 1.29 is 25.6 Å². The van der Waals surface area contributed by atoms with Gasteiger partial charge in [0.05, 0.1) is 27.8 Å². The Bertz CT molecular complexity index is 3100. The summed E-state index contributed by atoms with van der Waals surface area (Å²) >= 11 is 0. The summed E-state index contributed by atoms with van der Waals surface area (Å²) in [6, 6.07) is 56.6. The first-order chi connectivity index (χ1) is 26.6. The fourth-order valence-corrected chi connectivity index (χ4v) is 8.39. The van der Waals surface area contributed by atoms with Gasteiger partial charge in [-0.2, -0.15) is 42.5 Å². The van der Waals surface area contributed by atoms with Crippen LogP contribution in [0, 0.1) is 18.5 Å². The first kappa shape index (κ1) is 35.9. The fraction of sp³-hybridized carbons (Fsp3) is 0.160. The molecule has 6 aromatic carbocycles. The first-order valence-electron chi connectivity index (χ1n) is 19.0. The molecule has 0 aliphatic rings. The molecule has 0 aliphatic heterocycles. The van der Waals surface area contributed by atoms with E-state index in [1.807, 2.05) is 12.1 Å². The Hall–Kier alpha value is -5.77. The van der Waals surface area contributed by atoms with Crippen molar-refractivity contribution in [2.75, 3.05) is 0 Å². The minimum absolute atomic E-state index is 0. The van der Waals surface area contributed by atoms with Gasteiger partial charge >= 0.3 is 0 Å². The summed E-state index contributed by atoms with van der Waals surface area (Å²) in [6.45, 7) is 13.7. The summed E-state index contributed by atoms with van der Waals surface area (Å²) in [6.07, 6.45) is 3.69. The summed E-state index contributed by atoms with van der Waals surface area (Å²) < 4.78 is 8.84. The summed E-state index contributed by atoms with van der Waals surface area (Å²) in [5, 5.41) is 4.72. The molecule has 0 bridgehead atoms. The molecule has 0 radical (unpaired) electrons. The van der Waals surface area contributed by atoms with Crippen LogP contribution >= 0.6 is 0 Å². The van der Waals surface area contributed by atoms with Crippen molar-refractivity contribution in [3.63, 3.8) is 0 Å². The maximum atomic E-state index is 5.67. The topological polar surface area (TPSA) is 31.6 Å². The van der Waals surface area contributed by atoms with Crippen LogP contribution in [-0.2, 0) is 31.9 Å². The molecule has 0 saturated carbocycles. The standard InChI is InChI=1S/C50H41N5.Pt/c1-49(2,3)33-27-29-34(30-28-33)52-32-53(43-26-15-14-25-42(43)52)36-19-16-20-37(31-36)55-41-24-13-11-22-39(41)45-46(50(4,5)6)44-38-21-10-12-23-40(38)54(47(44)51-48(45)55)35-17-8-7-9-18-35;/h7-17,19-30H,1-6H3;/q-2;. The number of benzene rings is 6. The Labute approximate surface area is 341 Å². The summed E-state index contributed by atoms with van der Waals surface area (Å²) in [5.41, 5.74) is 12.5. The minimum atomic E-state index is -0.201. The van der Waals surface area contributed by atoms with E-state index in [4.69, 9.17) is 4.98 Å². The zero-order valence-corrected chi connectivity index (χ0v) is 34.6. The van der Waals surface area contributed by atoms with Crippen LogP contribution in [0.25, 0.3) is 77.7 Å². The van der Waals surface area contributed by atoms with Crippen molar-refractivity contribution in [2.24, 2.45) is 0 Å². The summed E-state index contributed by atoms with van der Waals surface area (Å²) in [5.74, 6) is 0. The Morgan fingerprint density at radius 3 is 1.70 bits per heavy atom. The quantitative estimate of drug-likeness (QED) is 0.128. The van der Waals surface area contributed by atoms with Gasteiger partial charge in [-0.25, -0.2) is 4.98 Å². The summed E-state index contributed by atoms with van der Waals surface area (Å²) in [4.78, 5) is 5.67. The number of rotatable bonds is 4. The maximum Gasteiger partial charge on any atom is 0.268 e. The Morgan fingerprint density at radius 2 is 1.09 bits per heavy atom. The molecule has 56 heavy (non-hydrogen) atoms. The Kier molecular flexibility index (Phi) is 8.45. The molecule has 4 heterocycles. The van der Waals surface area contributed by atoms with Gasteiger partial charge in [-0.1, -0.05) is 126 Å². The number of hydrogen-bond acceptors (Lipinski definition) is 1. The zero-order chi connectivity index (χ0) is 37.6. The SMILES string of the molecule is CC(C)(C)c1ccc(-[n+]2[c-]n(-c3[c-]c(-n4c5ccccc5c5c(C(C)(C)C)c6c7ccccc7n(-c7[c-]cccc7)c6nc54)ccc3)c3ccccc32)cc1.[Pt]. The largest absolute Gasteiger partial charge is 0.319 e. The van der Waals surface area contributed by atoms with E-state index in [-0.39, 0.29) is 31.9 Å². The molecule has 6 heteroatoms. The molecule has 0 N–H and O–H groups in total. The van der Waals surface area contributed by atoms with Crippen molar-refractivity contribution in [3.05, 3.63) is 169 Å². The molecule has 0 spiro atoms. The van der Waals surface area contributed by atoms with Crippen LogP contribution in [-0.4, -0.2) is 18.7 Å². The molecule has 278 valence electrons. The second-order valence-corrected chi connectivity index (χ2v) is 16.6. The van der Waals surface area contributed by atoms with Crippen LogP contribution in [0.5, 0.6) is 0 Å². The molecule has 0 unspecified atom stereocenters. The third-order valence-electron chi connectivity index (χ3n) is 10.9. The molecule has 0 atom stereocenters. The predicted octanol–water partition coefficient (Wildman–Crippen LogP) is 11.5. The number of pyridine rings is 1. The molecule has 0 amide bonds. The third kappa shape index (κ3) is 5.55. The molecule has 10 aromatic rings.